The van der Waals surface area contributed by atoms with Crippen LogP contribution in [0.4, 0.5) is 19.1 Å². The molecule has 1 aliphatic heterocycles. The number of allylic oxidation sites excluding steroid dienone is 1. The van der Waals surface area contributed by atoms with Crippen molar-refractivity contribution in [2.24, 2.45) is 0 Å². The highest BCUT2D eigenvalue weighted by Gasteiger charge is 2.39. The zero-order chi connectivity index (χ0) is 24.6. The number of halogens is 3. The highest BCUT2D eigenvalue weighted by Crippen LogP contribution is 2.41. The molecular formula is C25H18F3N5O2. The number of benzene rings is 3. The van der Waals surface area contributed by atoms with Gasteiger partial charge in [0.05, 0.1) is 7.11 Å². The molecule has 4 aromatic rings. The molecule has 0 spiro atoms. The zero-order valence-electron chi connectivity index (χ0n) is 18.4. The normalized spacial score (nSPS) is 15.1. The van der Waals surface area contributed by atoms with Crippen molar-refractivity contribution >= 4 is 22.4 Å². The molecule has 0 fully saturated rings. The van der Waals surface area contributed by atoms with Crippen LogP contribution >= 0.6 is 0 Å². The van der Waals surface area contributed by atoms with E-state index in [4.69, 9.17) is 14.7 Å². The van der Waals surface area contributed by atoms with Gasteiger partial charge in [0.25, 0.3) is 5.82 Å². The van der Waals surface area contributed by atoms with Crippen LogP contribution in [0.5, 0.6) is 11.5 Å². The minimum absolute atomic E-state index is 0.0420. The van der Waals surface area contributed by atoms with Gasteiger partial charge in [0, 0.05) is 11.3 Å². The lowest BCUT2D eigenvalue weighted by Crippen LogP contribution is -2.21. The fourth-order valence-corrected chi connectivity index (χ4v) is 4.09. The highest BCUT2D eigenvalue weighted by atomic mass is 19.4. The van der Waals surface area contributed by atoms with Crippen LogP contribution in [0.2, 0.25) is 0 Å². The molecule has 1 aromatic heterocycles. The Morgan fingerprint density at radius 1 is 1.09 bits per heavy atom. The quantitative estimate of drug-likeness (QED) is 0.413. The number of hydrogen-bond donors (Lipinski definition) is 1. The number of rotatable bonds is 5. The second-order valence-corrected chi connectivity index (χ2v) is 7.73. The first-order valence-corrected chi connectivity index (χ1v) is 10.6. The highest BCUT2D eigenvalue weighted by molar-refractivity contribution is 5.89. The number of nitriles is 1. The maximum absolute atomic E-state index is 13.5. The number of nitrogens with one attached hydrogen (secondary N) is 1. The van der Waals surface area contributed by atoms with Crippen LogP contribution in [-0.4, -0.2) is 28.5 Å². The van der Waals surface area contributed by atoms with Crippen LogP contribution in [0, 0.1) is 11.3 Å². The molecule has 1 aliphatic rings. The lowest BCUT2D eigenvalue weighted by Gasteiger charge is -2.26. The van der Waals surface area contributed by atoms with Crippen LogP contribution in [-0.2, 0) is 6.18 Å². The maximum Gasteiger partial charge on any atom is 0.453 e. The summed E-state index contributed by atoms with van der Waals surface area (Å²) in [7, 11) is 1.52. The predicted molar refractivity (Wildman–Crippen MR) is 123 cm³/mol. The molecular weight excluding hydrogens is 459 g/mol. The van der Waals surface area contributed by atoms with E-state index < -0.39 is 18.0 Å². The fourth-order valence-electron chi connectivity index (χ4n) is 4.09. The largest absolute Gasteiger partial charge is 0.496 e. The maximum atomic E-state index is 13.5. The smallest absolute Gasteiger partial charge is 0.453 e. The third-order valence-corrected chi connectivity index (χ3v) is 5.63. The van der Waals surface area contributed by atoms with Gasteiger partial charge in [-0.05, 0) is 52.7 Å². The van der Waals surface area contributed by atoms with Crippen molar-refractivity contribution in [3.05, 3.63) is 83.7 Å². The van der Waals surface area contributed by atoms with Crippen molar-refractivity contribution in [1.29, 1.82) is 5.26 Å². The van der Waals surface area contributed by atoms with E-state index in [-0.39, 0.29) is 12.6 Å². The number of alkyl halides is 3. The van der Waals surface area contributed by atoms with Gasteiger partial charge < -0.3 is 14.8 Å². The van der Waals surface area contributed by atoms with Crippen molar-refractivity contribution in [3.8, 4) is 17.6 Å². The first-order valence-electron chi connectivity index (χ1n) is 10.6. The summed E-state index contributed by atoms with van der Waals surface area (Å²) in [6.07, 6.45) is -2.92. The second-order valence-electron chi connectivity index (χ2n) is 7.73. The number of aromatic nitrogens is 3. The number of methoxy groups -OCH3 is 1. The Morgan fingerprint density at radius 3 is 2.57 bits per heavy atom. The Labute approximate surface area is 198 Å². The van der Waals surface area contributed by atoms with E-state index in [0.717, 1.165) is 10.8 Å². The first-order chi connectivity index (χ1) is 16.9. The lowest BCUT2D eigenvalue weighted by molar-refractivity contribution is -0.145. The van der Waals surface area contributed by atoms with E-state index in [9.17, 15) is 13.2 Å². The van der Waals surface area contributed by atoms with Gasteiger partial charge in [0.15, 0.2) is 6.61 Å². The average Bonchev–Trinajstić information content (AvgIpc) is 3.32. The van der Waals surface area contributed by atoms with E-state index in [1.807, 2.05) is 36.4 Å². The topological polar surface area (TPSA) is 85.0 Å². The minimum Gasteiger partial charge on any atom is -0.496 e. The van der Waals surface area contributed by atoms with Gasteiger partial charge in [-0.3, -0.25) is 0 Å². The van der Waals surface area contributed by atoms with E-state index in [0.29, 0.717) is 28.3 Å². The summed E-state index contributed by atoms with van der Waals surface area (Å²) in [5.74, 6) is -0.262. The lowest BCUT2D eigenvalue weighted by atomic mass is 9.95. The predicted octanol–water partition coefficient (Wildman–Crippen LogP) is 5.42. The molecule has 5 rings (SSSR count). The molecule has 7 nitrogen and oxygen atoms in total. The van der Waals surface area contributed by atoms with Crippen molar-refractivity contribution in [2.75, 3.05) is 19.0 Å². The summed E-state index contributed by atoms with van der Waals surface area (Å²) >= 11 is 0. The van der Waals surface area contributed by atoms with Crippen molar-refractivity contribution < 1.29 is 22.6 Å². The van der Waals surface area contributed by atoms with E-state index in [2.05, 4.69) is 15.4 Å². The number of ether oxygens (including phenoxy) is 2. The van der Waals surface area contributed by atoms with Crippen LogP contribution in [0.15, 0.2) is 66.7 Å². The second kappa shape index (κ2) is 8.68. The van der Waals surface area contributed by atoms with Gasteiger partial charge in [-0.1, -0.05) is 30.3 Å². The van der Waals surface area contributed by atoms with Gasteiger partial charge in [0.2, 0.25) is 5.95 Å². The Bertz CT molecular complexity index is 1470. The van der Waals surface area contributed by atoms with Gasteiger partial charge in [-0.25, -0.2) is 4.68 Å². The minimum atomic E-state index is -4.71. The van der Waals surface area contributed by atoms with Crippen molar-refractivity contribution in [1.82, 2.24) is 14.8 Å². The number of anilines is 1. The monoisotopic (exact) mass is 477 g/mol. The first kappa shape index (κ1) is 22.3. The molecule has 35 heavy (non-hydrogen) atoms. The Kier molecular flexibility index (Phi) is 5.53. The van der Waals surface area contributed by atoms with Gasteiger partial charge in [0.1, 0.15) is 23.6 Å². The number of hydrogen-bond acceptors (Lipinski definition) is 6. The zero-order valence-corrected chi connectivity index (χ0v) is 18.4. The summed E-state index contributed by atoms with van der Waals surface area (Å²) in [6.45, 7) is -0.0907. The summed E-state index contributed by atoms with van der Waals surface area (Å²) in [5.41, 5.74) is 1.91. The molecule has 3 aromatic carbocycles. The molecule has 0 amide bonds. The molecule has 1 unspecified atom stereocenters. The molecule has 2 heterocycles. The summed E-state index contributed by atoms with van der Waals surface area (Å²) in [5, 5.41) is 17.2. The Hall–Kier alpha value is -4.52. The van der Waals surface area contributed by atoms with E-state index >= 15 is 0 Å². The SMILES string of the molecule is COc1ccc2ccccc2c1C1C=C(c2ccc(OCC#N)cc2)Nc2nc(C(F)(F)F)nn21. The standard InChI is InChI=1S/C25H18F3N5O2/c1-34-21-11-8-15-4-2-3-5-18(15)22(21)20-14-19(16-6-9-17(10-7-16)35-13-12-29)30-24-31-23(25(26,27)28)32-33(20)24/h2-11,14,20H,13H2,1H3,(H,30,31,32). The van der Waals surface area contributed by atoms with Gasteiger partial charge >= 0.3 is 6.18 Å². The summed E-state index contributed by atoms with van der Waals surface area (Å²) in [4.78, 5) is 3.74. The van der Waals surface area contributed by atoms with Crippen LogP contribution in [0.25, 0.3) is 16.5 Å². The van der Waals surface area contributed by atoms with Crippen LogP contribution in [0.1, 0.15) is 23.0 Å². The Balaban J connectivity index is 1.68. The average molecular weight is 477 g/mol. The fraction of sp³-hybridized carbons (Fsp3) is 0.160. The summed E-state index contributed by atoms with van der Waals surface area (Å²) < 4.78 is 52.7. The summed E-state index contributed by atoms with van der Waals surface area (Å²) in [6, 6.07) is 19.3. The van der Waals surface area contributed by atoms with Crippen LogP contribution < -0.4 is 14.8 Å². The molecule has 1 atom stereocenters. The molecule has 10 heteroatoms. The molecule has 1 N–H and O–H groups in total. The van der Waals surface area contributed by atoms with E-state index in [1.54, 1.807) is 36.4 Å². The number of nitrogens with zero attached hydrogens (tertiary/aromatic N) is 4. The molecule has 0 saturated heterocycles. The van der Waals surface area contributed by atoms with Crippen molar-refractivity contribution in [3.63, 3.8) is 0 Å². The van der Waals surface area contributed by atoms with Gasteiger partial charge in [-0.15, -0.1) is 5.10 Å². The molecule has 176 valence electrons. The molecule has 0 saturated carbocycles. The van der Waals surface area contributed by atoms with Crippen LogP contribution in [0.3, 0.4) is 0 Å². The molecule has 0 bridgehead atoms. The van der Waals surface area contributed by atoms with E-state index in [1.165, 1.54) is 11.8 Å². The molecule has 0 radical (unpaired) electrons. The third kappa shape index (κ3) is 4.12. The Morgan fingerprint density at radius 2 is 1.86 bits per heavy atom. The molecule has 0 aliphatic carbocycles. The number of fused-ring (bicyclic) bond motifs is 2. The van der Waals surface area contributed by atoms with Crippen molar-refractivity contribution in [2.45, 2.75) is 12.2 Å². The van der Waals surface area contributed by atoms with Gasteiger partial charge in [-0.2, -0.15) is 23.4 Å². The third-order valence-electron chi connectivity index (χ3n) is 5.63.